The van der Waals surface area contributed by atoms with E-state index in [2.05, 4.69) is 38.5 Å². The Kier molecular flexibility index (Phi) is 4.05. The summed E-state index contributed by atoms with van der Waals surface area (Å²) in [4.78, 5) is 12.9. The Morgan fingerprint density at radius 3 is 2.87 bits per heavy atom. The molecule has 0 radical (unpaired) electrons. The predicted octanol–water partition coefficient (Wildman–Crippen LogP) is 1.95. The van der Waals surface area contributed by atoms with E-state index in [1.807, 2.05) is 22.9 Å². The van der Waals surface area contributed by atoms with Gasteiger partial charge in [0.1, 0.15) is 23.9 Å². The zero-order valence-corrected chi connectivity index (χ0v) is 16.9. The minimum absolute atomic E-state index is 0.0805. The number of nitrogens with one attached hydrogen (secondary N) is 1. The lowest BCUT2D eigenvalue weighted by atomic mass is 9.80. The average Bonchev–Trinajstić information content (AvgIpc) is 3.47. The van der Waals surface area contributed by atoms with Crippen molar-refractivity contribution in [3.05, 3.63) is 60.7 Å². The first-order chi connectivity index (χ1) is 15.0. The van der Waals surface area contributed by atoms with E-state index in [0.29, 0.717) is 18.8 Å². The van der Waals surface area contributed by atoms with Crippen molar-refractivity contribution in [1.29, 1.82) is 0 Å². The van der Waals surface area contributed by atoms with Crippen molar-refractivity contribution in [3.63, 3.8) is 0 Å². The van der Waals surface area contributed by atoms with Gasteiger partial charge in [-0.1, -0.05) is 12.1 Å². The Balaban J connectivity index is 1.30. The number of hydrogen-bond acceptors (Lipinski definition) is 7. The molecule has 1 aliphatic heterocycles. The molecule has 4 aromatic rings. The number of fused-ring (bicyclic) bond motifs is 2. The van der Waals surface area contributed by atoms with Gasteiger partial charge in [0, 0.05) is 41.2 Å². The Morgan fingerprint density at radius 2 is 1.97 bits per heavy atom. The third-order valence-corrected chi connectivity index (χ3v) is 7.15. The number of nitrogen functional groups attached to an aromatic ring is 1. The molecule has 8 nitrogen and oxygen atoms in total. The van der Waals surface area contributed by atoms with Gasteiger partial charge in [-0.15, -0.1) is 0 Å². The number of benzene rings is 1. The van der Waals surface area contributed by atoms with Crippen LogP contribution in [0.4, 0.5) is 5.82 Å². The van der Waals surface area contributed by atoms with E-state index in [1.54, 1.807) is 12.3 Å². The van der Waals surface area contributed by atoms with E-state index in [1.165, 1.54) is 6.33 Å². The standard InChI is InChI=1S/C23H24N6O2/c24-19-4-3-13-1-2-14(7-16(13)28-19)17-8-23(11-26-17)9-18(20(30)21(23)31)29-6-5-15-10-25-12-27-22(15)29/h1-7,10,12,17-18,20-21,26,30-31H,8-9,11H2,(H2,24,28)/t17-,18+,20-,21-,23-/m0/s1. The van der Waals surface area contributed by atoms with Crippen LogP contribution in [0.15, 0.2) is 55.1 Å². The number of pyridine rings is 1. The molecule has 0 amide bonds. The van der Waals surface area contributed by atoms with Crippen LogP contribution in [0.1, 0.15) is 30.5 Å². The largest absolute Gasteiger partial charge is 0.390 e. The maximum absolute atomic E-state index is 11.1. The van der Waals surface area contributed by atoms with Crippen LogP contribution in [0.2, 0.25) is 0 Å². The van der Waals surface area contributed by atoms with Gasteiger partial charge in [0.15, 0.2) is 0 Å². The van der Waals surface area contributed by atoms with Gasteiger partial charge in [-0.2, -0.15) is 0 Å². The number of nitrogens with two attached hydrogens (primary N) is 1. The Bertz CT molecular complexity index is 1290. The van der Waals surface area contributed by atoms with Crippen molar-refractivity contribution in [3.8, 4) is 0 Å². The average molecular weight is 416 g/mol. The van der Waals surface area contributed by atoms with Crippen LogP contribution in [0.3, 0.4) is 0 Å². The number of rotatable bonds is 2. The highest BCUT2D eigenvalue weighted by Gasteiger charge is 2.56. The molecule has 158 valence electrons. The lowest BCUT2D eigenvalue weighted by molar-refractivity contribution is -0.0218. The summed E-state index contributed by atoms with van der Waals surface area (Å²) in [5.41, 5.74) is 8.21. The second-order valence-corrected chi connectivity index (χ2v) is 8.92. The number of aliphatic hydroxyl groups excluding tert-OH is 2. The van der Waals surface area contributed by atoms with Crippen LogP contribution in [-0.4, -0.2) is 48.5 Å². The summed E-state index contributed by atoms with van der Waals surface area (Å²) < 4.78 is 1.98. The van der Waals surface area contributed by atoms with Gasteiger partial charge in [0.25, 0.3) is 0 Å². The molecule has 8 heteroatoms. The molecule has 0 unspecified atom stereocenters. The Hall–Kier alpha value is -3.07. The molecule has 1 spiro atoms. The van der Waals surface area contributed by atoms with Gasteiger partial charge in [0.2, 0.25) is 0 Å². The van der Waals surface area contributed by atoms with Crippen molar-refractivity contribution >= 4 is 27.8 Å². The first kappa shape index (κ1) is 18.7. The van der Waals surface area contributed by atoms with Gasteiger partial charge in [0.05, 0.1) is 17.7 Å². The molecule has 5 atom stereocenters. The van der Waals surface area contributed by atoms with Crippen LogP contribution >= 0.6 is 0 Å². The maximum atomic E-state index is 11.1. The van der Waals surface area contributed by atoms with Crippen molar-refractivity contribution in [2.24, 2.45) is 5.41 Å². The minimum Gasteiger partial charge on any atom is -0.390 e. The van der Waals surface area contributed by atoms with Crippen LogP contribution in [0, 0.1) is 5.41 Å². The van der Waals surface area contributed by atoms with E-state index in [9.17, 15) is 10.2 Å². The third-order valence-electron chi connectivity index (χ3n) is 7.15. The number of nitrogens with zero attached hydrogens (tertiary/aromatic N) is 4. The quantitative estimate of drug-likeness (QED) is 0.394. The summed E-state index contributed by atoms with van der Waals surface area (Å²) in [6, 6.07) is 11.8. The fourth-order valence-electron chi connectivity index (χ4n) is 5.52. The van der Waals surface area contributed by atoms with Crippen molar-refractivity contribution < 1.29 is 10.2 Å². The summed E-state index contributed by atoms with van der Waals surface area (Å²) in [5, 5.41) is 27.6. The normalized spacial score (nSPS) is 30.6. The van der Waals surface area contributed by atoms with Crippen LogP contribution < -0.4 is 11.1 Å². The van der Waals surface area contributed by atoms with E-state index >= 15 is 0 Å². The number of aliphatic hydroxyl groups is 2. The smallest absolute Gasteiger partial charge is 0.143 e. The van der Waals surface area contributed by atoms with Crippen LogP contribution in [0.5, 0.6) is 0 Å². The molecule has 5 N–H and O–H groups in total. The molecule has 0 bridgehead atoms. The molecular formula is C23H24N6O2. The summed E-state index contributed by atoms with van der Waals surface area (Å²) in [6.45, 7) is 0.642. The molecule has 1 saturated carbocycles. The highest BCUT2D eigenvalue weighted by Crippen LogP contribution is 2.52. The first-order valence-corrected chi connectivity index (χ1v) is 10.6. The van der Waals surface area contributed by atoms with Gasteiger partial charge >= 0.3 is 0 Å². The predicted molar refractivity (Wildman–Crippen MR) is 117 cm³/mol. The molecule has 31 heavy (non-hydrogen) atoms. The zero-order valence-electron chi connectivity index (χ0n) is 16.9. The van der Waals surface area contributed by atoms with E-state index in [0.717, 1.165) is 33.9 Å². The molecular weight excluding hydrogens is 392 g/mol. The fourth-order valence-corrected chi connectivity index (χ4v) is 5.52. The van der Waals surface area contributed by atoms with Gasteiger partial charge in [-0.25, -0.2) is 15.0 Å². The van der Waals surface area contributed by atoms with E-state index in [-0.39, 0.29) is 12.1 Å². The second-order valence-electron chi connectivity index (χ2n) is 8.92. The molecule has 1 aliphatic carbocycles. The molecule has 1 saturated heterocycles. The highest BCUT2D eigenvalue weighted by molar-refractivity contribution is 5.80. The summed E-state index contributed by atoms with van der Waals surface area (Å²) in [5.74, 6) is 0.500. The van der Waals surface area contributed by atoms with Gasteiger partial charge in [-0.05, 0) is 42.7 Å². The van der Waals surface area contributed by atoms with Crippen LogP contribution in [0.25, 0.3) is 21.9 Å². The Labute approximate surface area is 178 Å². The lowest BCUT2D eigenvalue weighted by Gasteiger charge is -2.27. The fraction of sp³-hybridized carbons (Fsp3) is 0.348. The monoisotopic (exact) mass is 416 g/mol. The topological polar surface area (TPSA) is 122 Å². The van der Waals surface area contributed by atoms with E-state index in [4.69, 9.17) is 5.73 Å². The molecule has 3 aromatic heterocycles. The molecule has 2 fully saturated rings. The molecule has 1 aromatic carbocycles. The maximum Gasteiger partial charge on any atom is 0.143 e. The SMILES string of the molecule is Nc1ccc2ccc([C@@H]3C[C@@]4(CN3)C[C@@H](n3ccc5cncnc53)[C@H](O)[C@@H]4O)cc2n1. The van der Waals surface area contributed by atoms with Gasteiger partial charge < -0.3 is 25.8 Å². The zero-order chi connectivity index (χ0) is 21.2. The second kappa shape index (κ2) is 6.71. The van der Waals surface area contributed by atoms with Crippen molar-refractivity contribution in [1.82, 2.24) is 24.8 Å². The first-order valence-electron chi connectivity index (χ1n) is 10.6. The third kappa shape index (κ3) is 2.83. The number of hydrogen-bond donors (Lipinski definition) is 4. The van der Waals surface area contributed by atoms with Gasteiger partial charge in [-0.3, -0.25) is 0 Å². The number of aromatic nitrogens is 4. The minimum atomic E-state index is -0.857. The molecule has 6 rings (SSSR count). The Morgan fingerprint density at radius 1 is 1.10 bits per heavy atom. The number of anilines is 1. The van der Waals surface area contributed by atoms with Crippen molar-refractivity contribution in [2.45, 2.75) is 37.1 Å². The van der Waals surface area contributed by atoms with Crippen molar-refractivity contribution in [2.75, 3.05) is 12.3 Å². The summed E-state index contributed by atoms with van der Waals surface area (Å²) in [6.07, 6.45) is 4.95. The van der Waals surface area contributed by atoms with Crippen LogP contribution in [-0.2, 0) is 0 Å². The lowest BCUT2D eigenvalue weighted by Crippen LogP contribution is -2.38. The van der Waals surface area contributed by atoms with E-state index < -0.39 is 17.6 Å². The highest BCUT2D eigenvalue weighted by atomic mass is 16.3. The summed E-state index contributed by atoms with van der Waals surface area (Å²) >= 11 is 0. The summed E-state index contributed by atoms with van der Waals surface area (Å²) in [7, 11) is 0. The molecule has 4 heterocycles. The molecule has 2 aliphatic rings.